The van der Waals surface area contributed by atoms with Gasteiger partial charge < -0.3 is 31.5 Å². The van der Waals surface area contributed by atoms with E-state index in [1.54, 1.807) is 0 Å². The van der Waals surface area contributed by atoms with Crippen molar-refractivity contribution in [3.8, 4) is 0 Å². The third kappa shape index (κ3) is 14.8. The van der Waals surface area contributed by atoms with E-state index >= 15 is 0 Å². The standard InChI is InChI=1S/C7H9NO8.4Na.4H/c8-2(5(10)11)1-3(9)16-4(6(12)13)7(14)15;;;;;;;;/h2,4H,1,8H2,(H,10,11)(H,12,13)(H,14,15);;;;;;;;/q;4*+1;4*-1/t2-;;;;;;;;/m0......../s1. The van der Waals surface area contributed by atoms with Crippen LogP contribution in [0.4, 0.5) is 0 Å². The fourth-order valence-corrected chi connectivity index (χ4v) is 0.653. The van der Waals surface area contributed by atoms with Gasteiger partial charge in [-0.25, -0.2) is 9.59 Å². The summed E-state index contributed by atoms with van der Waals surface area (Å²) >= 11 is 0. The zero-order valence-electron chi connectivity index (χ0n) is 15.8. The molecule has 0 fully saturated rings. The van der Waals surface area contributed by atoms with E-state index in [1.807, 2.05) is 0 Å². The largest absolute Gasteiger partial charge is 1.00 e. The molecule has 0 heterocycles. The number of carboxylic acids is 3. The fraction of sp³-hybridized carbons (Fsp3) is 0.429. The molecular formula is C7H13NNa4O8. The van der Waals surface area contributed by atoms with Gasteiger partial charge in [0.1, 0.15) is 6.04 Å². The van der Waals surface area contributed by atoms with Crippen LogP contribution in [0.15, 0.2) is 0 Å². The molecule has 0 bridgehead atoms. The molecule has 0 amide bonds. The maximum absolute atomic E-state index is 10.9. The van der Waals surface area contributed by atoms with Crippen LogP contribution in [-0.4, -0.2) is 51.3 Å². The van der Waals surface area contributed by atoms with Gasteiger partial charge in [0.2, 0.25) is 0 Å². The molecule has 0 aliphatic carbocycles. The summed E-state index contributed by atoms with van der Waals surface area (Å²) in [6.45, 7) is 0. The number of ether oxygens (including phenoxy) is 1. The van der Waals surface area contributed by atoms with Crippen LogP contribution in [0.5, 0.6) is 0 Å². The van der Waals surface area contributed by atoms with E-state index in [9.17, 15) is 19.2 Å². The minimum absolute atomic E-state index is 0. The van der Waals surface area contributed by atoms with Gasteiger partial charge in [0.15, 0.2) is 0 Å². The SMILES string of the molecule is N[C@@H](CC(=O)OC(C(=O)O)C(=O)O)C(=O)O.[H-].[H-].[H-].[H-].[Na+].[Na+].[Na+].[Na+]. The maximum atomic E-state index is 10.9. The Morgan fingerprint density at radius 1 is 0.900 bits per heavy atom. The summed E-state index contributed by atoms with van der Waals surface area (Å²) in [7, 11) is 0. The predicted molar refractivity (Wildman–Crippen MR) is 49.8 cm³/mol. The normalized spacial score (nSPS) is 9.50. The molecule has 13 heteroatoms. The maximum Gasteiger partial charge on any atom is 1.00 e. The zero-order valence-corrected chi connectivity index (χ0v) is 19.8. The Labute approximate surface area is 208 Å². The third-order valence-electron chi connectivity index (χ3n) is 1.40. The summed E-state index contributed by atoms with van der Waals surface area (Å²) in [6, 6.07) is -1.57. The minimum atomic E-state index is -2.37. The van der Waals surface area contributed by atoms with Crippen LogP contribution in [0, 0.1) is 0 Å². The summed E-state index contributed by atoms with van der Waals surface area (Å²) < 4.78 is 4.01. The van der Waals surface area contributed by atoms with Crippen LogP contribution < -0.4 is 124 Å². The summed E-state index contributed by atoms with van der Waals surface area (Å²) in [5, 5.41) is 25.0. The zero-order chi connectivity index (χ0) is 12.9. The molecule has 0 spiro atoms. The summed E-state index contributed by atoms with van der Waals surface area (Å²) in [5.74, 6) is -6.54. The average molecular weight is 331 g/mol. The quantitative estimate of drug-likeness (QED) is 0.210. The van der Waals surface area contributed by atoms with Crippen molar-refractivity contribution in [3.05, 3.63) is 0 Å². The molecule has 20 heavy (non-hydrogen) atoms. The molecule has 0 aliphatic rings. The van der Waals surface area contributed by atoms with Crippen LogP contribution in [0.2, 0.25) is 0 Å². The van der Waals surface area contributed by atoms with Gasteiger partial charge in [-0.1, -0.05) is 0 Å². The van der Waals surface area contributed by atoms with E-state index in [0.29, 0.717) is 0 Å². The second kappa shape index (κ2) is 17.2. The number of carboxylic acid groups (broad SMARTS) is 3. The van der Waals surface area contributed by atoms with Crippen molar-refractivity contribution in [2.75, 3.05) is 0 Å². The molecule has 0 aromatic carbocycles. The van der Waals surface area contributed by atoms with Crippen molar-refractivity contribution in [1.29, 1.82) is 0 Å². The van der Waals surface area contributed by atoms with E-state index in [-0.39, 0.29) is 124 Å². The number of rotatable bonds is 6. The van der Waals surface area contributed by atoms with Crippen molar-refractivity contribution in [2.45, 2.75) is 18.6 Å². The van der Waals surface area contributed by atoms with Crippen LogP contribution in [0.1, 0.15) is 12.1 Å². The first-order valence-electron chi connectivity index (χ1n) is 3.89. The van der Waals surface area contributed by atoms with Gasteiger partial charge in [-0.15, -0.1) is 0 Å². The summed E-state index contributed by atoms with van der Waals surface area (Å²) in [6.07, 6.45) is -3.18. The number of hydrogen-bond acceptors (Lipinski definition) is 6. The third-order valence-corrected chi connectivity index (χ3v) is 1.40. The van der Waals surface area contributed by atoms with Gasteiger partial charge in [-0.05, 0) is 0 Å². The Bertz CT molecular complexity index is 340. The first kappa shape index (κ1) is 33.4. The molecule has 0 saturated heterocycles. The topological polar surface area (TPSA) is 164 Å². The van der Waals surface area contributed by atoms with Crippen molar-refractivity contribution >= 4 is 23.9 Å². The molecule has 98 valence electrons. The van der Waals surface area contributed by atoms with Crippen molar-refractivity contribution in [3.63, 3.8) is 0 Å². The van der Waals surface area contributed by atoms with Gasteiger partial charge in [0, 0.05) is 0 Å². The van der Waals surface area contributed by atoms with E-state index in [1.165, 1.54) is 0 Å². The van der Waals surface area contributed by atoms with Crippen LogP contribution in [-0.2, 0) is 23.9 Å². The number of carbonyl (C=O) groups excluding carboxylic acids is 1. The van der Waals surface area contributed by atoms with E-state index in [4.69, 9.17) is 21.1 Å². The molecule has 0 aliphatic heterocycles. The van der Waals surface area contributed by atoms with Gasteiger partial charge in [-0.3, -0.25) is 9.59 Å². The van der Waals surface area contributed by atoms with Gasteiger partial charge in [-0.2, -0.15) is 0 Å². The summed E-state index contributed by atoms with van der Waals surface area (Å²) in [4.78, 5) is 41.7. The van der Waals surface area contributed by atoms with Gasteiger partial charge in [0.25, 0.3) is 6.10 Å². The van der Waals surface area contributed by atoms with Gasteiger partial charge >= 0.3 is 142 Å². The van der Waals surface area contributed by atoms with Crippen molar-refractivity contribution < 1.29 is 163 Å². The number of carbonyl (C=O) groups is 4. The Morgan fingerprint density at radius 2 is 1.25 bits per heavy atom. The number of esters is 1. The van der Waals surface area contributed by atoms with Crippen molar-refractivity contribution in [1.82, 2.24) is 0 Å². The van der Waals surface area contributed by atoms with Crippen LogP contribution >= 0.6 is 0 Å². The van der Waals surface area contributed by atoms with Crippen LogP contribution in [0.25, 0.3) is 0 Å². The molecule has 0 aromatic heterocycles. The van der Waals surface area contributed by atoms with Gasteiger partial charge in [0.05, 0.1) is 6.42 Å². The molecule has 0 radical (unpaired) electrons. The molecule has 0 rings (SSSR count). The second-order valence-electron chi connectivity index (χ2n) is 2.70. The molecule has 0 saturated carbocycles. The number of hydrogen-bond donors (Lipinski definition) is 4. The van der Waals surface area contributed by atoms with Crippen LogP contribution in [0.3, 0.4) is 0 Å². The Morgan fingerprint density at radius 3 is 1.50 bits per heavy atom. The Hall–Kier alpha value is 1.84. The van der Waals surface area contributed by atoms with E-state index < -0.39 is 42.4 Å². The average Bonchev–Trinajstić information content (AvgIpc) is 2.12. The molecule has 0 unspecified atom stereocenters. The molecule has 0 aromatic rings. The smallest absolute Gasteiger partial charge is 1.00 e. The second-order valence-corrected chi connectivity index (χ2v) is 2.70. The molecule has 9 nitrogen and oxygen atoms in total. The number of nitrogens with two attached hydrogens (primary N) is 1. The van der Waals surface area contributed by atoms with E-state index in [2.05, 4.69) is 4.74 Å². The molecule has 5 N–H and O–H groups in total. The summed E-state index contributed by atoms with van der Waals surface area (Å²) in [5.41, 5.74) is 4.95. The fourth-order valence-electron chi connectivity index (χ4n) is 0.653. The first-order valence-corrected chi connectivity index (χ1v) is 3.89. The van der Waals surface area contributed by atoms with Crippen molar-refractivity contribution in [2.24, 2.45) is 5.73 Å². The monoisotopic (exact) mass is 331 g/mol. The first-order chi connectivity index (χ1) is 7.25. The van der Waals surface area contributed by atoms with E-state index in [0.717, 1.165) is 0 Å². The predicted octanol–water partition coefficient (Wildman–Crippen LogP) is -13.7. The molecule has 1 atom stereocenters. The Balaban J connectivity index is -0.0000000402. The minimum Gasteiger partial charge on any atom is -1.00 e. The Kier molecular flexibility index (Phi) is 28.8. The number of aliphatic carboxylic acids is 3. The molecular weight excluding hydrogens is 318 g/mol.